The summed E-state index contributed by atoms with van der Waals surface area (Å²) in [5, 5.41) is 2.89. The van der Waals surface area contributed by atoms with Gasteiger partial charge in [0.1, 0.15) is 0 Å². The Hall–Kier alpha value is -1.56. The summed E-state index contributed by atoms with van der Waals surface area (Å²) in [7, 11) is 0. The number of carbonyl (C=O) groups excluding carboxylic acids is 1. The van der Waals surface area contributed by atoms with E-state index in [4.69, 9.17) is 15.2 Å². The summed E-state index contributed by atoms with van der Waals surface area (Å²) in [6.07, 6.45) is 2.01. The fraction of sp³-hybridized carbons (Fsp3) is 0.462. The molecule has 2 rings (SSSR count). The Morgan fingerprint density at radius 3 is 2.68 bits per heavy atom. The van der Waals surface area contributed by atoms with Crippen LogP contribution in [0.4, 0.5) is 5.69 Å². The van der Waals surface area contributed by atoms with Crippen LogP contribution in [0.15, 0.2) is 12.1 Å². The van der Waals surface area contributed by atoms with E-state index in [2.05, 4.69) is 19.2 Å². The maximum Gasteiger partial charge on any atom is 0.253 e. The fourth-order valence-corrected chi connectivity index (χ4v) is 1.83. The predicted octanol–water partition coefficient (Wildman–Crippen LogP) is 1.87. The number of nitrogen functional groups attached to an aromatic ring is 1. The molecule has 0 saturated heterocycles. The Morgan fingerprint density at radius 1 is 1.42 bits per heavy atom. The Kier molecular flexibility index (Phi) is 3.80. The number of nitrogens with two attached hydrogens (primary N) is 1. The second-order valence-electron chi connectivity index (χ2n) is 4.94. The van der Waals surface area contributed by atoms with Gasteiger partial charge in [0.15, 0.2) is 11.5 Å². The van der Waals surface area contributed by atoms with Gasteiger partial charge in [-0.3, -0.25) is 4.79 Å². The Bertz CT molecular complexity index is 503. The molecule has 3 N–H and O–H groups in total. The minimum Gasteiger partial charge on any atom is -0.454 e. The number of hydrogen-bond donors (Lipinski definition) is 2. The van der Waals surface area contributed by atoms with Crippen molar-refractivity contribution in [2.24, 2.45) is 0 Å². The highest BCUT2D eigenvalue weighted by molar-refractivity contribution is 7.99. The lowest BCUT2D eigenvalue weighted by atomic mass is 10.1. The monoisotopic (exact) mass is 282 g/mol. The third-order valence-electron chi connectivity index (χ3n) is 3.02. The molecule has 0 radical (unpaired) electrons. The van der Waals surface area contributed by atoms with Gasteiger partial charge in [-0.15, -0.1) is 0 Å². The van der Waals surface area contributed by atoms with Crippen molar-refractivity contribution in [2.45, 2.75) is 18.6 Å². The summed E-state index contributed by atoms with van der Waals surface area (Å²) in [6.45, 7) is 4.88. The van der Waals surface area contributed by atoms with Crippen LogP contribution in [0.3, 0.4) is 0 Å². The SMILES string of the molecule is CSC(C)(C)CNC(=O)c1cc2c(cc1N)OCO2. The molecule has 0 fully saturated rings. The summed E-state index contributed by atoms with van der Waals surface area (Å²) < 4.78 is 10.4. The Morgan fingerprint density at radius 2 is 2.05 bits per heavy atom. The van der Waals surface area contributed by atoms with Crippen LogP contribution in [0.25, 0.3) is 0 Å². The van der Waals surface area contributed by atoms with Crippen LogP contribution in [-0.4, -0.2) is 30.2 Å². The highest BCUT2D eigenvalue weighted by Gasteiger charge is 2.22. The zero-order valence-corrected chi connectivity index (χ0v) is 12.1. The van der Waals surface area contributed by atoms with Crippen molar-refractivity contribution in [3.8, 4) is 11.5 Å². The summed E-state index contributed by atoms with van der Waals surface area (Å²) in [5.74, 6) is 0.944. The highest BCUT2D eigenvalue weighted by Crippen LogP contribution is 2.35. The average Bonchev–Trinajstić information content (AvgIpc) is 2.82. The molecule has 1 aliphatic heterocycles. The van der Waals surface area contributed by atoms with Gasteiger partial charge in [0.2, 0.25) is 6.79 Å². The van der Waals surface area contributed by atoms with E-state index in [0.29, 0.717) is 29.3 Å². The molecule has 5 nitrogen and oxygen atoms in total. The Labute approximate surface area is 116 Å². The first-order chi connectivity index (χ1) is 8.93. The second-order valence-corrected chi connectivity index (χ2v) is 6.45. The van der Waals surface area contributed by atoms with Crippen molar-refractivity contribution in [3.63, 3.8) is 0 Å². The number of fused-ring (bicyclic) bond motifs is 1. The fourth-order valence-electron chi connectivity index (χ4n) is 1.61. The molecule has 1 aromatic rings. The van der Waals surface area contributed by atoms with E-state index in [1.165, 1.54) is 0 Å². The van der Waals surface area contributed by atoms with E-state index in [9.17, 15) is 4.79 Å². The van der Waals surface area contributed by atoms with Crippen molar-refractivity contribution in [2.75, 3.05) is 25.3 Å². The lowest BCUT2D eigenvalue weighted by Gasteiger charge is -2.22. The number of hydrogen-bond acceptors (Lipinski definition) is 5. The minimum absolute atomic E-state index is 0.0131. The van der Waals surface area contributed by atoms with Gasteiger partial charge in [-0.05, 0) is 26.2 Å². The first kappa shape index (κ1) is 13.9. The maximum atomic E-state index is 12.1. The summed E-state index contributed by atoms with van der Waals surface area (Å²) >= 11 is 1.70. The largest absolute Gasteiger partial charge is 0.454 e. The predicted molar refractivity (Wildman–Crippen MR) is 76.9 cm³/mol. The topological polar surface area (TPSA) is 73.6 Å². The number of ether oxygens (including phenoxy) is 2. The Balaban J connectivity index is 2.12. The van der Waals surface area contributed by atoms with Crippen LogP contribution in [0.2, 0.25) is 0 Å². The van der Waals surface area contributed by atoms with E-state index < -0.39 is 0 Å². The number of rotatable bonds is 4. The molecule has 0 aromatic heterocycles. The molecule has 0 bridgehead atoms. The van der Waals surface area contributed by atoms with Crippen molar-refractivity contribution < 1.29 is 14.3 Å². The second kappa shape index (κ2) is 5.21. The van der Waals surface area contributed by atoms with Crippen LogP contribution in [0, 0.1) is 0 Å². The molecular formula is C13H18N2O3S. The standard InChI is InChI=1S/C13H18N2O3S/c1-13(2,19-3)6-15-12(16)8-4-10-11(5-9(8)14)18-7-17-10/h4-5H,6-7,14H2,1-3H3,(H,15,16). The minimum atomic E-state index is -0.196. The zero-order valence-electron chi connectivity index (χ0n) is 11.3. The van der Waals surface area contributed by atoms with Crippen molar-refractivity contribution in [1.29, 1.82) is 0 Å². The molecule has 1 aromatic carbocycles. The van der Waals surface area contributed by atoms with Gasteiger partial charge in [0.05, 0.1) is 5.56 Å². The van der Waals surface area contributed by atoms with Crippen molar-refractivity contribution in [1.82, 2.24) is 5.32 Å². The summed E-state index contributed by atoms with van der Waals surface area (Å²) in [4.78, 5) is 12.1. The molecule has 0 spiro atoms. The molecule has 0 atom stereocenters. The van der Waals surface area contributed by atoms with E-state index in [1.54, 1.807) is 23.9 Å². The van der Waals surface area contributed by atoms with Gasteiger partial charge < -0.3 is 20.5 Å². The third-order valence-corrected chi connectivity index (χ3v) is 4.27. The van der Waals surface area contributed by atoms with E-state index in [-0.39, 0.29) is 17.4 Å². The van der Waals surface area contributed by atoms with Crippen molar-refractivity contribution in [3.05, 3.63) is 17.7 Å². The molecule has 1 heterocycles. The third kappa shape index (κ3) is 3.07. The van der Waals surface area contributed by atoms with Crippen LogP contribution < -0.4 is 20.5 Å². The van der Waals surface area contributed by atoms with Gasteiger partial charge >= 0.3 is 0 Å². The molecule has 1 aliphatic rings. The van der Waals surface area contributed by atoms with Crippen molar-refractivity contribution >= 4 is 23.4 Å². The number of anilines is 1. The molecule has 6 heteroatoms. The lowest BCUT2D eigenvalue weighted by Crippen LogP contribution is -2.36. The smallest absolute Gasteiger partial charge is 0.253 e. The number of carbonyl (C=O) groups is 1. The van der Waals surface area contributed by atoms with Crippen LogP contribution in [0.1, 0.15) is 24.2 Å². The van der Waals surface area contributed by atoms with Crippen LogP contribution >= 0.6 is 11.8 Å². The first-order valence-electron chi connectivity index (χ1n) is 5.95. The summed E-state index contributed by atoms with van der Waals surface area (Å²) in [5.41, 5.74) is 6.67. The molecule has 0 aliphatic carbocycles. The molecule has 19 heavy (non-hydrogen) atoms. The quantitative estimate of drug-likeness (QED) is 0.825. The van der Waals surface area contributed by atoms with E-state index in [0.717, 1.165) is 0 Å². The van der Waals surface area contributed by atoms with E-state index >= 15 is 0 Å². The number of amides is 1. The zero-order chi connectivity index (χ0) is 14.0. The van der Waals surface area contributed by atoms with Gasteiger partial charge in [-0.1, -0.05) is 0 Å². The number of thioether (sulfide) groups is 1. The molecule has 104 valence electrons. The molecule has 0 unspecified atom stereocenters. The average molecular weight is 282 g/mol. The van der Waals surface area contributed by atoms with Gasteiger partial charge in [0, 0.05) is 23.0 Å². The van der Waals surface area contributed by atoms with Gasteiger partial charge in [-0.25, -0.2) is 0 Å². The highest BCUT2D eigenvalue weighted by atomic mass is 32.2. The lowest BCUT2D eigenvalue weighted by molar-refractivity contribution is 0.0951. The van der Waals surface area contributed by atoms with Crippen LogP contribution in [0.5, 0.6) is 11.5 Å². The first-order valence-corrected chi connectivity index (χ1v) is 7.18. The van der Waals surface area contributed by atoms with E-state index in [1.807, 2.05) is 6.26 Å². The number of benzene rings is 1. The molecule has 1 amide bonds. The van der Waals surface area contributed by atoms with Gasteiger partial charge in [0.25, 0.3) is 5.91 Å². The van der Waals surface area contributed by atoms with Gasteiger partial charge in [-0.2, -0.15) is 11.8 Å². The molecule has 0 saturated carbocycles. The maximum absolute atomic E-state index is 12.1. The molecular weight excluding hydrogens is 264 g/mol. The normalized spacial score (nSPS) is 13.4. The summed E-state index contributed by atoms with van der Waals surface area (Å²) in [6, 6.07) is 3.25. The number of nitrogens with one attached hydrogen (secondary N) is 1. The van der Waals surface area contributed by atoms with Crippen LogP contribution in [-0.2, 0) is 0 Å².